The molecule has 0 saturated carbocycles. The summed E-state index contributed by atoms with van der Waals surface area (Å²) in [5, 5.41) is 0. The second-order valence-electron chi connectivity index (χ2n) is 4.90. The Labute approximate surface area is 131 Å². The van der Waals surface area contributed by atoms with Gasteiger partial charge >= 0.3 is 0 Å². The second-order valence-corrected chi connectivity index (χ2v) is 5.95. The van der Waals surface area contributed by atoms with E-state index in [4.69, 9.17) is 0 Å². The SMILES string of the molecule is CCCN(Cc1ccccc1)C(=O)CSc1ccccc1. The fraction of sp³-hybridized carbons (Fsp3) is 0.278. The van der Waals surface area contributed by atoms with Gasteiger partial charge in [0.15, 0.2) is 0 Å². The van der Waals surface area contributed by atoms with Gasteiger partial charge in [-0.2, -0.15) is 0 Å². The topological polar surface area (TPSA) is 20.3 Å². The van der Waals surface area contributed by atoms with Gasteiger partial charge in [0.25, 0.3) is 0 Å². The number of carbonyl (C=O) groups excluding carboxylic acids is 1. The van der Waals surface area contributed by atoms with Gasteiger partial charge in [-0.05, 0) is 24.1 Å². The van der Waals surface area contributed by atoms with Crippen molar-refractivity contribution >= 4 is 17.7 Å². The third-order valence-corrected chi connectivity index (χ3v) is 4.16. The summed E-state index contributed by atoms with van der Waals surface area (Å²) in [6.45, 7) is 3.61. The molecule has 0 spiro atoms. The first-order chi connectivity index (χ1) is 10.3. The minimum Gasteiger partial charge on any atom is -0.338 e. The zero-order valence-electron chi connectivity index (χ0n) is 12.4. The Bertz CT molecular complexity index is 542. The van der Waals surface area contributed by atoms with Gasteiger partial charge in [-0.3, -0.25) is 4.79 Å². The van der Waals surface area contributed by atoms with E-state index in [1.165, 1.54) is 5.56 Å². The maximum atomic E-state index is 12.4. The van der Waals surface area contributed by atoms with E-state index in [9.17, 15) is 4.79 Å². The van der Waals surface area contributed by atoms with Crippen molar-refractivity contribution in [2.24, 2.45) is 0 Å². The molecule has 0 aliphatic carbocycles. The molecule has 2 rings (SSSR count). The largest absolute Gasteiger partial charge is 0.338 e. The van der Waals surface area contributed by atoms with Gasteiger partial charge in [-0.1, -0.05) is 55.5 Å². The smallest absolute Gasteiger partial charge is 0.233 e. The molecule has 2 aromatic rings. The average molecular weight is 299 g/mol. The molecule has 0 aliphatic heterocycles. The number of rotatable bonds is 7. The average Bonchev–Trinajstić information content (AvgIpc) is 2.54. The standard InChI is InChI=1S/C18H21NOS/c1-2-13-19(14-16-9-5-3-6-10-16)18(20)15-21-17-11-7-4-8-12-17/h3-12H,2,13-15H2,1H3. The minimum atomic E-state index is 0.203. The van der Waals surface area contributed by atoms with Crippen molar-refractivity contribution < 1.29 is 4.79 Å². The van der Waals surface area contributed by atoms with E-state index in [0.717, 1.165) is 17.9 Å². The Morgan fingerprint density at radius 1 is 1.00 bits per heavy atom. The molecule has 0 unspecified atom stereocenters. The molecule has 0 aliphatic rings. The Morgan fingerprint density at radius 3 is 2.24 bits per heavy atom. The third-order valence-electron chi connectivity index (χ3n) is 3.17. The number of hydrogen-bond donors (Lipinski definition) is 0. The molecule has 0 N–H and O–H groups in total. The van der Waals surface area contributed by atoms with Gasteiger partial charge in [0, 0.05) is 18.0 Å². The molecule has 1 amide bonds. The van der Waals surface area contributed by atoms with Gasteiger partial charge in [-0.25, -0.2) is 0 Å². The van der Waals surface area contributed by atoms with Crippen LogP contribution in [0.25, 0.3) is 0 Å². The summed E-state index contributed by atoms with van der Waals surface area (Å²) in [5.74, 6) is 0.700. The summed E-state index contributed by atoms with van der Waals surface area (Å²) in [5.41, 5.74) is 1.18. The van der Waals surface area contributed by atoms with E-state index in [2.05, 4.69) is 19.1 Å². The lowest BCUT2D eigenvalue weighted by atomic mass is 10.2. The fourth-order valence-electron chi connectivity index (χ4n) is 2.12. The van der Waals surface area contributed by atoms with Crippen LogP contribution >= 0.6 is 11.8 Å². The second kappa shape index (κ2) is 8.53. The lowest BCUT2D eigenvalue weighted by molar-refractivity contribution is -0.129. The number of nitrogens with zero attached hydrogens (tertiary/aromatic N) is 1. The molecular formula is C18H21NOS. The summed E-state index contributed by atoms with van der Waals surface area (Å²) in [6, 6.07) is 20.2. The molecule has 0 saturated heterocycles. The Hall–Kier alpha value is -1.74. The van der Waals surface area contributed by atoms with E-state index in [1.807, 2.05) is 53.4 Å². The van der Waals surface area contributed by atoms with Gasteiger partial charge in [0.2, 0.25) is 5.91 Å². The molecule has 0 radical (unpaired) electrons. The van der Waals surface area contributed by atoms with Crippen molar-refractivity contribution in [3.05, 3.63) is 66.2 Å². The highest BCUT2D eigenvalue weighted by Crippen LogP contribution is 2.18. The number of benzene rings is 2. The van der Waals surface area contributed by atoms with Crippen molar-refractivity contribution in [3.8, 4) is 0 Å². The van der Waals surface area contributed by atoms with E-state index in [-0.39, 0.29) is 5.91 Å². The maximum Gasteiger partial charge on any atom is 0.233 e. The van der Waals surface area contributed by atoms with Crippen molar-refractivity contribution in [3.63, 3.8) is 0 Å². The van der Waals surface area contributed by atoms with Crippen molar-refractivity contribution in [2.45, 2.75) is 24.8 Å². The molecular weight excluding hydrogens is 278 g/mol. The molecule has 0 fully saturated rings. The van der Waals surface area contributed by atoms with Crippen LogP contribution in [0.2, 0.25) is 0 Å². The molecule has 0 aromatic heterocycles. The first-order valence-electron chi connectivity index (χ1n) is 7.29. The summed E-state index contributed by atoms with van der Waals surface area (Å²) in [6.07, 6.45) is 0.981. The molecule has 2 nitrogen and oxygen atoms in total. The molecule has 0 heterocycles. The highest BCUT2D eigenvalue weighted by atomic mass is 32.2. The van der Waals surface area contributed by atoms with Crippen LogP contribution in [0.5, 0.6) is 0 Å². The fourth-order valence-corrected chi connectivity index (χ4v) is 2.94. The number of thioether (sulfide) groups is 1. The predicted octanol–water partition coefficient (Wildman–Crippen LogP) is 4.22. The van der Waals surface area contributed by atoms with Crippen LogP contribution < -0.4 is 0 Å². The summed E-state index contributed by atoms with van der Waals surface area (Å²) in [4.78, 5) is 15.5. The van der Waals surface area contributed by atoms with E-state index >= 15 is 0 Å². The van der Waals surface area contributed by atoms with Crippen molar-refractivity contribution in [1.29, 1.82) is 0 Å². The summed E-state index contributed by atoms with van der Waals surface area (Å²) in [7, 11) is 0. The molecule has 2 aromatic carbocycles. The van der Waals surface area contributed by atoms with Crippen LogP contribution in [-0.2, 0) is 11.3 Å². The Morgan fingerprint density at radius 2 is 1.62 bits per heavy atom. The molecule has 3 heteroatoms. The van der Waals surface area contributed by atoms with Gasteiger partial charge in [0.1, 0.15) is 0 Å². The summed E-state index contributed by atoms with van der Waals surface area (Å²) >= 11 is 1.60. The lowest BCUT2D eigenvalue weighted by Crippen LogP contribution is -2.32. The molecule has 0 bridgehead atoms. The van der Waals surface area contributed by atoms with E-state index < -0.39 is 0 Å². The maximum absolute atomic E-state index is 12.4. The van der Waals surface area contributed by atoms with Gasteiger partial charge in [-0.15, -0.1) is 11.8 Å². The zero-order valence-corrected chi connectivity index (χ0v) is 13.2. The highest BCUT2D eigenvalue weighted by Gasteiger charge is 2.13. The third kappa shape index (κ3) is 5.27. The number of hydrogen-bond acceptors (Lipinski definition) is 2. The Balaban J connectivity index is 1.92. The Kier molecular flexibility index (Phi) is 6.35. The van der Waals surface area contributed by atoms with Crippen LogP contribution in [0.4, 0.5) is 0 Å². The first kappa shape index (κ1) is 15.6. The lowest BCUT2D eigenvalue weighted by Gasteiger charge is -2.22. The van der Waals surface area contributed by atoms with Crippen LogP contribution in [0.1, 0.15) is 18.9 Å². The van der Waals surface area contributed by atoms with Gasteiger partial charge < -0.3 is 4.90 Å². The van der Waals surface area contributed by atoms with Crippen molar-refractivity contribution in [2.75, 3.05) is 12.3 Å². The predicted molar refractivity (Wildman–Crippen MR) is 89.3 cm³/mol. The first-order valence-corrected chi connectivity index (χ1v) is 8.27. The van der Waals surface area contributed by atoms with Crippen LogP contribution in [0.15, 0.2) is 65.6 Å². The van der Waals surface area contributed by atoms with Gasteiger partial charge in [0.05, 0.1) is 5.75 Å². The zero-order chi connectivity index (χ0) is 14.9. The summed E-state index contributed by atoms with van der Waals surface area (Å²) < 4.78 is 0. The molecule has 110 valence electrons. The van der Waals surface area contributed by atoms with Crippen LogP contribution in [-0.4, -0.2) is 23.1 Å². The van der Waals surface area contributed by atoms with E-state index in [0.29, 0.717) is 12.3 Å². The number of amides is 1. The minimum absolute atomic E-state index is 0.203. The molecule has 21 heavy (non-hydrogen) atoms. The normalized spacial score (nSPS) is 10.3. The number of carbonyl (C=O) groups is 1. The monoisotopic (exact) mass is 299 g/mol. The highest BCUT2D eigenvalue weighted by molar-refractivity contribution is 8.00. The van der Waals surface area contributed by atoms with Crippen molar-refractivity contribution in [1.82, 2.24) is 4.90 Å². The van der Waals surface area contributed by atoms with E-state index in [1.54, 1.807) is 11.8 Å². The van der Waals surface area contributed by atoms with Crippen LogP contribution in [0.3, 0.4) is 0 Å². The van der Waals surface area contributed by atoms with Crippen LogP contribution in [0, 0.1) is 0 Å². The quantitative estimate of drug-likeness (QED) is 0.714. The molecule has 0 atom stereocenters.